The second kappa shape index (κ2) is 10.4. The highest BCUT2D eigenvalue weighted by atomic mass is 19.4. The first-order chi connectivity index (χ1) is 15.3. The van der Waals surface area contributed by atoms with Gasteiger partial charge in [0.25, 0.3) is 0 Å². The summed E-state index contributed by atoms with van der Waals surface area (Å²) >= 11 is 0. The number of rotatable bonds is 6. The van der Waals surface area contributed by atoms with Crippen molar-refractivity contribution in [1.82, 2.24) is 9.88 Å². The van der Waals surface area contributed by atoms with Crippen molar-refractivity contribution in [3.63, 3.8) is 0 Å². The predicted octanol–water partition coefficient (Wildman–Crippen LogP) is 3.70. The topological polar surface area (TPSA) is 63.5 Å². The van der Waals surface area contributed by atoms with Crippen LogP contribution in [0.3, 0.4) is 0 Å². The second-order valence-electron chi connectivity index (χ2n) is 7.42. The van der Waals surface area contributed by atoms with Gasteiger partial charge in [0.1, 0.15) is 11.6 Å². The molecule has 0 saturated carbocycles. The smallest absolute Gasteiger partial charge is 0.355 e. The number of amides is 1. The van der Waals surface area contributed by atoms with Gasteiger partial charge in [0.15, 0.2) is 0 Å². The SMILES string of the molecule is N#CCCN(C(=O)CN1CCCN(c2ccc(C(F)(F)F)cn2)CC1)c1ccccc1F. The molecule has 2 heterocycles. The first kappa shape index (κ1) is 23.5. The fraction of sp³-hybridized carbons (Fsp3) is 0.409. The van der Waals surface area contributed by atoms with Gasteiger partial charge in [-0.15, -0.1) is 0 Å². The molecule has 0 N–H and O–H groups in total. The first-order valence-corrected chi connectivity index (χ1v) is 10.2. The van der Waals surface area contributed by atoms with Gasteiger partial charge >= 0.3 is 6.18 Å². The zero-order chi connectivity index (χ0) is 23.1. The molecular formula is C22H23F4N5O. The van der Waals surface area contributed by atoms with Crippen LogP contribution in [0.4, 0.5) is 29.1 Å². The monoisotopic (exact) mass is 449 g/mol. The van der Waals surface area contributed by atoms with E-state index in [4.69, 9.17) is 5.26 Å². The number of pyridine rings is 1. The van der Waals surface area contributed by atoms with Crippen LogP contribution in [-0.4, -0.2) is 55.1 Å². The number of alkyl halides is 3. The van der Waals surface area contributed by atoms with E-state index in [-0.39, 0.29) is 31.1 Å². The minimum absolute atomic E-state index is 0.0496. The van der Waals surface area contributed by atoms with Gasteiger partial charge in [-0.3, -0.25) is 9.69 Å². The van der Waals surface area contributed by atoms with E-state index >= 15 is 0 Å². The Bertz CT molecular complexity index is 958. The Morgan fingerprint density at radius 1 is 1.12 bits per heavy atom. The van der Waals surface area contributed by atoms with Gasteiger partial charge in [-0.05, 0) is 30.7 Å². The number of nitrogens with zero attached hydrogens (tertiary/aromatic N) is 5. The molecule has 1 fully saturated rings. The van der Waals surface area contributed by atoms with E-state index in [9.17, 15) is 22.4 Å². The van der Waals surface area contributed by atoms with Crippen LogP contribution in [0.15, 0.2) is 42.6 Å². The lowest BCUT2D eigenvalue weighted by atomic mass is 10.2. The number of hydrogen-bond donors (Lipinski definition) is 0. The zero-order valence-electron chi connectivity index (χ0n) is 17.4. The summed E-state index contributed by atoms with van der Waals surface area (Å²) in [4.78, 5) is 22.0. The van der Waals surface area contributed by atoms with E-state index in [0.717, 1.165) is 12.3 Å². The molecule has 1 aromatic carbocycles. The minimum atomic E-state index is -4.43. The largest absolute Gasteiger partial charge is 0.417 e. The quantitative estimate of drug-likeness (QED) is 0.630. The Labute approximate surface area is 183 Å². The van der Waals surface area contributed by atoms with Crippen LogP contribution in [0.5, 0.6) is 0 Å². The zero-order valence-corrected chi connectivity index (χ0v) is 17.4. The fourth-order valence-electron chi connectivity index (χ4n) is 3.59. The van der Waals surface area contributed by atoms with Crippen molar-refractivity contribution in [3.05, 3.63) is 54.0 Å². The Morgan fingerprint density at radius 2 is 1.91 bits per heavy atom. The molecule has 170 valence electrons. The number of benzene rings is 1. The van der Waals surface area contributed by atoms with E-state index in [0.29, 0.717) is 38.4 Å². The average molecular weight is 449 g/mol. The van der Waals surface area contributed by atoms with Crippen molar-refractivity contribution >= 4 is 17.4 Å². The normalized spacial score (nSPS) is 15.2. The molecule has 1 aromatic heterocycles. The second-order valence-corrected chi connectivity index (χ2v) is 7.42. The Hall–Kier alpha value is -3.19. The molecule has 6 nitrogen and oxygen atoms in total. The molecule has 0 aliphatic carbocycles. The van der Waals surface area contributed by atoms with Crippen molar-refractivity contribution in [2.45, 2.75) is 19.0 Å². The number of para-hydroxylation sites is 1. The standard InChI is InChI=1S/C22H23F4N5O/c23-18-5-1-2-6-19(18)31(12-3-9-27)21(32)16-29-10-4-11-30(14-13-29)20-8-7-17(15-28-20)22(24,25)26/h1-2,5-8,15H,3-4,10-14,16H2. The van der Waals surface area contributed by atoms with Crippen molar-refractivity contribution in [1.29, 1.82) is 5.26 Å². The van der Waals surface area contributed by atoms with Gasteiger partial charge in [0.05, 0.1) is 30.3 Å². The van der Waals surface area contributed by atoms with Gasteiger partial charge in [0, 0.05) is 38.9 Å². The molecule has 0 spiro atoms. The number of carbonyl (C=O) groups is 1. The Balaban J connectivity index is 1.64. The van der Waals surface area contributed by atoms with Crippen LogP contribution < -0.4 is 9.80 Å². The van der Waals surface area contributed by atoms with Gasteiger partial charge in [-0.1, -0.05) is 12.1 Å². The maximum Gasteiger partial charge on any atom is 0.417 e. The summed E-state index contributed by atoms with van der Waals surface area (Å²) < 4.78 is 52.5. The van der Waals surface area contributed by atoms with Crippen LogP contribution in [0.2, 0.25) is 0 Å². The molecular weight excluding hydrogens is 426 g/mol. The third kappa shape index (κ3) is 5.95. The molecule has 1 saturated heterocycles. The molecule has 32 heavy (non-hydrogen) atoms. The number of halogens is 4. The van der Waals surface area contributed by atoms with E-state index in [1.807, 2.05) is 15.9 Å². The summed E-state index contributed by atoms with van der Waals surface area (Å²) in [5.74, 6) is -0.395. The molecule has 0 radical (unpaired) electrons. The molecule has 0 atom stereocenters. The Kier molecular flexibility index (Phi) is 7.64. The van der Waals surface area contributed by atoms with Crippen LogP contribution >= 0.6 is 0 Å². The maximum atomic E-state index is 14.2. The summed E-state index contributed by atoms with van der Waals surface area (Å²) in [5, 5.41) is 8.90. The summed E-state index contributed by atoms with van der Waals surface area (Å²) in [6.45, 7) is 2.32. The molecule has 3 rings (SSSR count). The average Bonchev–Trinajstić information content (AvgIpc) is 3.00. The third-order valence-corrected chi connectivity index (χ3v) is 5.24. The lowest BCUT2D eigenvalue weighted by Crippen LogP contribution is -2.42. The molecule has 1 amide bonds. The molecule has 0 bridgehead atoms. The predicted molar refractivity (Wildman–Crippen MR) is 111 cm³/mol. The van der Waals surface area contributed by atoms with Crippen LogP contribution in [0, 0.1) is 17.1 Å². The van der Waals surface area contributed by atoms with Gasteiger partial charge in [-0.2, -0.15) is 18.4 Å². The van der Waals surface area contributed by atoms with Gasteiger partial charge in [0.2, 0.25) is 5.91 Å². The molecule has 2 aromatic rings. The number of carbonyl (C=O) groups excluding carboxylic acids is 1. The highest BCUT2D eigenvalue weighted by Gasteiger charge is 2.31. The summed E-state index contributed by atoms with van der Waals surface area (Å²) in [5.41, 5.74) is -0.660. The number of nitriles is 1. The molecule has 10 heteroatoms. The lowest BCUT2D eigenvalue weighted by molar-refractivity contribution is -0.137. The Morgan fingerprint density at radius 3 is 2.56 bits per heavy atom. The molecule has 1 aliphatic rings. The van der Waals surface area contributed by atoms with Crippen molar-refractivity contribution in [2.75, 3.05) is 49.1 Å². The summed E-state index contributed by atoms with van der Waals surface area (Å²) in [6.07, 6.45) is -2.85. The molecule has 1 aliphatic heterocycles. The fourth-order valence-corrected chi connectivity index (χ4v) is 3.59. The van der Waals surface area contributed by atoms with Crippen molar-refractivity contribution < 1.29 is 22.4 Å². The maximum absolute atomic E-state index is 14.2. The minimum Gasteiger partial charge on any atom is -0.355 e. The van der Waals surface area contributed by atoms with Gasteiger partial charge < -0.3 is 9.80 Å². The van der Waals surface area contributed by atoms with E-state index in [2.05, 4.69) is 4.98 Å². The number of hydrogen-bond acceptors (Lipinski definition) is 5. The van der Waals surface area contributed by atoms with Crippen LogP contribution in [0.25, 0.3) is 0 Å². The molecule has 0 unspecified atom stereocenters. The number of anilines is 2. The van der Waals surface area contributed by atoms with E-state index in [1.54, 1.807) is 6.07 Å². The van der Waals surface area contributed by atoms with Gasteiger partial charge in [-0.25, -0.2) is 9.37 Å². The van der Waals surface area contributed by atoms with Crippen molar-refractivity contribution in [3.8, 4) is 6.07 Å². The summed E-state index contributed by atoms with van der Waals surface area (Å²) in [6, 6.07) is 10.3. The van der Waals surface area contributed by atoms with Crippen molar-refractivity contribution in [2.24, 2.45) is 0 Å². The van der Waals surface area contributed by atoms with Crippen LogP contribution in [0.1, 0.15) is 18.4 Å². The highest BCUT2D eigenvalue weighted by Crippen LogP contribution is 2.29. The summed E-state index contributed by atoms with van der Waals surface area (Å²) in [7, 11) is 0. The first-order valence-electron chi connectivity index (χ1n) is 10.2. The number of aromatic nitrogens is 1. The third-order valence-electron chi connectivity index (χ3n) is 5.24. The van der Waals surface area contributed by atoms with E-state index in [1.165, 1.54) is 29.2 Å². The highest BCUT2D eigenvalue weighted by molar-refractivity contribution is 5.95. The van der Waals surface area contributed by atoms with E-state index < -0.39 is 17.6 Å². The van der Waals surface area contributed by atoms with Crippen LogP contribution in [-0.2, 0) is 11.0 Å². The lowest BCUT2D eigenvalue weighted by Gasteiger charge is -2.27.